The highest BCUT2D eigenvalue weighted by atomic mass is 16.1. The number of carbonyl (C=O) groups excluding carboxylic acids is 1. The molecule has 18 heavy (non-hydrogen) atoms. The van der Waals surface area contributed by atoms with Crippen LogP contribution in [0.2, 0.25) is 0 Å². The van der Waals surface area contributed by atoms with Crippen LogP contribution in [0.3, 0.4) is 0 Å². The maximum absolute atomic E-state index is 11.2. The molecule has 0 saturated carbocycles. The van der Waals surface area contributed by atoms with Crippen molar-refractivity contribution in [1.29, 1.82) is 0 Å². The Bertz CT molecular complexity index is 587. The minimum atomic E-state index is -0.0484. The normalized spacial score (nSPS) is 10.2. The van der Waals surface area contributed by atoms with Gasteiger partial charge in [-0.15, -0.1) is 0 Å². The minimum absolute atomic E-state index is 0.0484. The van der Waals surface area contributed by atoms with E-state index in [2.05, 4.69) is 43.4 Å². The van der Waals surface area contributed by atoms with Crippen molar-refractivity contribution >= 4 is 11.6 Å². The van der Waals surface area contributed by atoms with Gasteiger partial charge in [-0.3, -0.25) is 4.79 Å². The average molecular weight is 239 g/mol. The highest BCUT2D eigenvalue weighted by Crippen LogP contribution is 2.29. The third-order valence-electron chi connectivity index (χ3n) is 2.81. The van der Waals surface area contributed by atoms with Crippen LogP contribution in [0.5, 0.6) is 0 Å². The van der Waals surface area contributed by atoms with Crippen molar-refractivity contribution in [2.24, 2.45) is 0 Å². The van der Waals surface area contributed by atoms with Crippen LogP contribution in [0.25, 0.3) is 11.1 Å². The van der Waals surface area contributed by atoms with Gasteiger partial charge in [-0.05, 0) is 31.5 Å². The minimum Gasteiger partial charge on any atom is -0.326 e. The van der Waals surface area contributed by atoms with E-state index in [1.807, 2.05) is 18.2 Å². The van der Waals surface area contributed by atoms with E-state index in [1.54, 1.807) is 0 Å². The molecule has 2 aromatic carbocycles. The molecule has 0 aliphatic carbocycles. The van der Waals surface area contributed by atoms with Crippen LogP contribution >= 0.6 is 0 Å². The molecule has 92 valence electrons. The average Bonchev–Trinajstić information content (AvgIpc) is 2.31. The van der Waals surface area contributed by atoms with Gasteiger partial charge >= 0.3 is 0 Å². The van der Waals surface area contributed by atoms with Gasteiger partial charge in [0.15, 0.2) is 0 Å². The van der Waals surface area contributed by atoms with Gasteiger partial charge in [-0.2, -0.15) is 0 Å². The van der Waals surface area contributed by atoms with E-state index < -0.39 is 0 Å². The van der Waals surface area contributed by atoms with Crippen LogP contribution in [0.15, 0.2) is 42.5 Å². The lowest BCUT2D eigenvalue weighted by Gasteiger charge is -2.11. The van der Waals surface area contributed by atoms with Gasteiger partial charge < -0.3 is 5.32 Å². The van der Waals surface area contributed by atoms with Gasteiger partial charge in [-0.1, -0.05) is 41.5 Å². The van der Waals surface area contributed by atoms with Gasteiger partial charge in [0.05, 0.1) is 0 Å². The Morgan fingerprint density at radius 1 is 1.00 bits per heavy atom. The van der Waals surface area contributed by atoms with Crippen molar-refractivity contribution in [3.8, 4) is 11.1 Å². The molecule has 2 aromatic rings. The summed E-state index contributed by atoms with van der Waals surface area (Å²) in [5.74, 6) is -0.0484. The fourth-order valence-corrected chi connectivity index (χ4v) is 2.01. The highest BCUT2D eigenvalue weighted by molar-refractivity contribution is 5.94. The third-order valence-corrected chi connectivity index (χ3v) is 2.81. The van der Waals surface area contributed by atoms with E-state index in [9.17, 15) is 4.79 Å². The van der Waals surface area contributed by atoms with Gasteiger partial charge in [0.1, 0.15) is 0 Å². The summed E-state index contributed by atoms with van der Waals surface area (Å²) < 4.78 is 0. The Morgan fingerprint density at radius 2 is 1.72 bits per heavy atom. The van der Waals surface area contributed by atoms with Crippen LogP contribution < -0.4 is 5.32 Å². The van der Waals surface area contributed by atoms with Crippen molar-refractivity contribution in [2.75, 3.05) is 5.32 Å². The fraction of sp³-hybridized carbons (Fsp3) is 0.188. The molecule has 0 aliphatic rings. The number of benzene rings is 2. The maximum atomic E-state index is 11.2. The summed E-state index contributed by atoms with van der Waals surface area (Å²) in [5, 5.41) is 2.88. The summed E-state index contributed by atoms with van der Waals surface area (Å²) in [7, 11) is 0. The number of carbonyl (C=O) groups is 1. The molecule has 0 spiro atoms. The lowest BCUT2D eigenvalue weighted by atomic mass is 10.00. The van der Waals surface area contributed by atoms with Crippen molar-refractivity contribution in [1.82, 2.24) is 0 Å². The largest absolute Gasteiger partial charge is 0.326 e. The molecule has 0 fully saturated rings. The quantitative estimate of drug-likeness (QED) is 0.845. The summed E-state index contributed by atoms with van der Waals surface area (Å²) >= 11 is 0. The molecule has 1 N–H and O–H groups in total. The van der Waals surface area contributed by atoms with Gasteiger partial charge in [0.2, 0.25) is 5.91 Å². The van der Waals surface area contributed by atoms with E-state index in [0.29, 0.717) is 0 Å². The summed E-state index contributed by atoms with van der Waals surface area (Å²) in [4.78, 5) is 11.2. The lowest BCUT2D eigenvalue weighted by Crippen LogP contribution is -2.07. The second kappa shape index (κ2) is 5.05. The zero-order valence-electron chi connectivity index (χ0n) is 10.9. The molecule has 2 rings (SSSR count). The smallest absolute Gasteiger partial charge is 0.221 e. The molecular formula is C16H17NO. The standard InChI is InChI=1S/C16H17NO/c1-11-5-4-6-14(9-11)15-10-12(2)7-8-16(15)17-13(3)18/h4-10H,1-3H3,(H,17,18). The number of hydrogen-bond donors (Lipinski definition) is 1. The number of rotatable bonds is 2. The van der Waals surface area contributed by atoms with Crippen LogP contribution in [-0.4, -0.2) is 5.91 Å². The van der Waals surface area contributed by atoms with Crippen LogP contribution in [0, 0.1) is 13.8 Å². The first-order valence-electron chi connectivity index (χ1n) is 6.01. The second-order valence-corrected chi connectivity index (χ2v) is 4.60. The number of aryl methyl sites for hydroxylation is 2. The van der Waals surface area contributed by atoms with Crippen molar-refractivity contribution in [3.05, 3.63) is 53.6 Å². The van der Waals surface area contributed by atoms with Gasteiger partial charge in [-0.25, -0.2) is 0 Å². The third kappa shape index (κ3) is 2.77. The molecule has 2 heteroatoms. The summed E-state index contributed by atoms with van der Waals surface area (Å²) in [6.07, 6.45) is 0. The predicted molar refractivity (Wildman–Crippen MR) is 75.7 cm³/mol. The first kappa shape index (κ1) is 12.4. The van der Waals surface area contributed by atoms with Crippen LogP contribution in [0.4, 0.5) is 5.69 Å². The molecule has 0 aliphatic heterocycles. The molecule has 0 heterocycles. The molecule has 0 unspecified atom stereocenters. The monoisotopic (exact) mass is 239 g/mol. The zero-order chi connectivity index (χ0) is 13.1. The zero-order valence-corrected chi connectivity index (χ0v) is 10.9. The summed E-state index contributed by atoms with van der Waals surface area (Å²) in [6.45, 7) is 5.65. The number of nitrogens with one attached hydrogen (secondary N) is 1. The second-order valence-electron chi connectivity index (χ2n) is 4.60. The van der Waals surface area contributed by atoms with Gasteiger partial charge in [0.25, 0.3) is 0 Å². The molecule has 0 bridgehead atoms. The molecule has 1 amide bonds. The topological polar surface area (TPSA) is 29.1 Å². The lowest BCUT2D eigenvalue weighted by molar-refractivity contribution is -0.114. The molecular weight excluding hydrogens is 222 g/mol. The Labute approximate surface area is 108 Å². The van der Waals surface area contributed by atoms with Crippen molar-refractivity contribution in [3.63, 3.8) is 0 Å². The first-order chi connectivity index (χ1) is 8.56. The maximum Gasteiger partial charge on any atom is 0.221 e. The molecule has 0 aromatic heterocycles. The summed E-state index contributed by atoms with van der Waals surface area (Å²) in [6, 6.07) is 14.3. The van der Waals surface area contributed by atoms with Crippen LogP contribution in [-0.2, 0) is 4.79 Å². The molecule has 0 radical (unpaired) electrons. The Morgan fingerprint density at radius 3 is 2.39 bits per heavy atom. The molecule has 0 saturated heterocycles. The predicted octanol–water partition coefficient (Wildman–Crippen LogP) is 3.93. The van der Waals surface area contributed by atoms with E-state index >= 15 is 0 Å². The first-order valence-corrected chi connectivity index (χ1v) is 6.01. The molecule has 2 nitrogen and oxygen atoms in total. The van der Waals surface area contributed by atoms with Gasteiger partial charge in [0, 0.05) is 18.2 Å². The van der Waals surface area contributed by atoms with Crippen molar-refractivity contribution < 1.29 is 4.79 Å². The van der Waals surface area contributed by atoms with E-state index in [-0.39, 0.29) is 5.91 Å². The fourth-order valence-electron chi connectivity index (χ4n) is 2.01. The Kier molecular flexibility index (Phi) is 3.47. The SMILES string of the molecule is CC(=O)Nc1ccc(C)cc1-c1cccc(C)c1. The number of amides is 1. The van der Waals surface area contributed by atoms with Crippen molar-refractivity contribution in [2.45, 2.75) is 20.8 Å². The Hall–Kier alpha value is -2.09. The van der Waals surface area contributed by atoms with E-state index in [0.717, 1.165) is 16.8 Å². The molecule has 0 atom stereocenters. The van der Waals surface area contributed by atoms with Crippen LogP contribution in [0.1, 0.15) is 18.1 Å². The van der Waals surface area contributed by atoms with E-state index in [4.69, 9.17) is 0 Å². The van der Waals surface area contributed by atoms with E-state index in [1.165, 1.54) is 18.1 Å². The summed E-state index contributed by atoms with van der Waals surface area (Å²) in [5.41, 5.74) is 5.44. The number of anilines is 1. The highest BCUT2D eigenvalue weighted by Gasteiger charge is 2.06. The number of hydrogen-bond acceptors (Lipinski definition) is 1. The Balaban J connectivity index is 2.54.